The van der Waals surface area contributed by atoms with Crippen molar-refractivity contribution in [2.24, 2.45) is 0 Å². The van der Waals surface area contributed by atoms with E-state index in [4.69, 9.17) is 27.9 Å². The van der Waals surface area contributed by atoms with Crippen LogP contribution >= 0.6 is 23.2 Å². The Hall–Kier alpha value is -2.58. The van der Waals surface area contributed by atoms with Gasteiger partial charge in [-0.3, -0.25) is 9.69 Å². The molecule has 2 aromatic carbocycles. The molecule has 4 rings (SSSR count). The van der Waals surface area contributed by atoms with E-state index in [-0.39, 0.29) is 18.1 Å². The molecule has 9 heteroatoms. The molecule has 3 aromatic rings. The molecule has 31 heavy (non-hydrogen) atoms. The number of nitrogens with zero attached hydrogens (tertiary/aromatic N) is 2. The molecule has 7 nitrogen and oxygen atoms in total. The number of carbonyl (C=O) groups is 2. The number of hydrogen-bond donors (Lipinski definition) is 2. The summed E-state index contributed by atoms with van der Waals surface area (Å²) >= 11 is 12.1. The summed E-state index contributed by atoms with van der Waals surface area (Å²) in [5, 5.41) is 14.2. The van der Waals surface area contributed by atoms with Gasteiger partial charge in [-0.25, -0.2) is 4.79 Å². The van der Waals surface area contributed by atoms with Gasteiger partial charge in [0.15, 0.2) is 0 Å². The van der Waals surface area contributed by atoms with Gasteiger partial charge in [0, 0.05) is 25.0 Å². The first-order valence-electron chi connectivity index (χ1n) is 9.82. The lowest BCUT2D eigenvalue weighted by atomic mass is 10.2. The molecule has 1 amide bonds. The second-order valence-corrected chi connectivity index (χ2v) is 8.16. The molecule has 1 aromatic heterocycles. The molecular formula is C22H21Cl2N3O4. The number of fused-ring (bicyclic) bond motifs is 1. The summed E-state index contributed by atoms with van der Waals surface area (Å²) in [6, 6.07) is 12.2. The molecule has 0 aliphatic carbocycles. The van der Waals surface area contributed by atoms with E-state index in [0.29, 0.717) is 59.5 Å². The molecule has 0 radical (unpaired) electrons. The van der Waals surface area contributed by atoms with Crippen LogP contribution in [0.4, 0.5) is 5.69 Å². The smallest absolute Gasteiger partial charge is 0.352 e. The van der Waals surface area contributed by atoms with Crippen LogP contribution in [0.2, 0.25) is 10.0 Å². The van der Waals surface area contributed by atoms with Crippen LogP contribution in [-0.2, 0) is 16.1 Å². The van der Waals surface area contributed by atoms with Gasteiger partial charge in [0.2, 0.25) is 5.91 Å². The third-order valence-corrected chi connectivity index (χ3v) is 5.97. The standard InChI is InChI=1S/C22H21Cl2N3O4/c23-16-5-4-14(10-17(16)24)12-27-19-3-1-2-18(15(19)11-20(27)22(29)30)25-21(28)13-26-6-8-31-9-7-26/h1-5,10-11H,6-9,12-13H2,(H,25,28)(H,29,30). The normalized spacial score (nSPS) is 14.6. The zero-order valence-electron chi connectivity index (χ0n) is 16.6. The van der Waals surface area contributed by atoms with E-state index in [0.717, 1.165) is 5.56 Å². The average Bonchev–Trinajstić information content (AvgIpc) is 3.11. The number of ether oxygens (including phenoxy) is 1. The van der Waals surface area contributed by atoms with Crippen molar-refractivity contribution in [3.63, 3.8) is 0 Å². The Kier molecular flexibility index (Phi) is 6.48. The van der Waals surface area contributed by atoms with Crippen molar-refractivity contribution in [2.45, 2.75) is 6.54 Å². The number of anilines is 1. The number of carboxylic acids is 1. The Morgan fingerprint density at radius 2 is 1.84 bits per heavy atom. The Balaban J connectivity index is 1.64. The number of carbonyl (C=O) groups excluding carboxylic acids is 1. The van der Waals surface area contributed by atoms with Gasteiger partial charge in [-0.2, -0.15) is 0 Å². The number of benzene rings is 2. The van der Waals surface area contributed by atoms with Crippen LogP contribution in [-0.4, -0.2) is 59.3 Å². The lowest BCUT2D eigenvalue weighted by Crippen LogP contribution is -2.41. The van der Waals surface area contributed by atoms with Gasteiger partial charge in [0.05, 0.1) is 41.0 Å². The Labute approximate surface area is 189 Å². The molecule has 0 bridgehead atoms. The van der Waals surface area contributed by atoms with Crippen molar-refractivity contribution in [1.29, 1.82) is 0 Å². The van der Waals surface area contributed by atoms with E-state index in [1.165, 1.54) is 0 Å². The van der Waals surface area contributed by atoms with Crippen molar-refractivity contribution in [1.82, 2.24) is 9.47 Å². The number of aromatic nitrogens is 1. The zero-order valence-corrected chi connectivity index (χ0v) is 18.1. The number of carboxylic acid groups (broad SMARTS) is 1. The number of hydrogen-bond acceptors (Lipinski definition) is 4. The van der Waals surface area contributed by atoms with E-state index in [2.05, 4.69) is 5.32 Å². The minimum atomic E-state index is -1.05. The molecule has 1 saturated heterocycles. The predicted octanol–water partition coefficient (Wildman–Crippen LogP) is 3.97. The maximum atomic E-state index is 12.6. The van der Waals surface area contributed by atoms with Gasteiger partial charge in [0.1, 0.15) is 5.69 Å². The first-order chi connectivity index (χ1) is 14.9. The molecular weight excluding hydrogens is 441 g/mol. The number of morpholine rings is 1. The minimum absolute atomic E-state index is 0.121. The first-order valence-corrected chi connectivity index (χ1v) is 10.6. The summed E-state index contributed by atoms with van der Waals surface area (Å²) in [5.41, 5.74) is 2.21. The molecule has 1 aliphatic rings. The molecule has 162 valence electrons. The van der Waals surface area contributed by atoms with E-state index >= 15 is 0 Å². The van der Waals surface area contributed by atoms with E-state index in [1.54, 1.807) is 41.0 Å². The van der Waals surface area contributed by atoms with Crippen molar-refractivity contribution in [3.8, 4) is 0 Å². The topological polar surface area (TPSA) is 83.8 Å². The Morgan fingerprint density at radius 3 is 2.55 bits per heavy atom. The number of nitrogens with one attached hydrogen (secondary N) is 1. The summed E-state index contributed by atoms with van der Waals surface area (Å²) in [6.07, 6.45) is 0. The molecule has 1 fully saturated rings. The molecule has 2 heterocycles. The second kappa shape index (κ2) is 9.28. The Morgan fingerprint density at radius 1 is 1.06 bits per heavy atom. The van der Waals surface area contributed by atoms with Gasteiger partial charge in [-0.15, -0.1) is 0 Å². The quantitative estimate of drug-likeness (QED) is 0.580. The predicted molar refractivity (Wildman–Crippen MR) is 120 cm³/mol. The van der Waals surface area contributed by atoms with Crippen molar-refractivity contribution >= 4 is 51.7 Å². The van der Waals surface area contributed by atoms with Crippen LogP contribution in [0.25, 0.3) is 10.9 Å². The van der Waals surface area contributed by atoms with Gasteiger partial charge in [0.25, 0.3) is 0 Å². The van der Waals surface area contributed by atoms with Gasteiger partial charge in [-0.05, 0) is 35.9 Å². The lowest BCUT2D eigenvalue weighted by Gasteiger charge is -2.25. The van der Waals surface area contributed by atoms with Gasteiger partial charge >= 0.3 is 5.97 Å². The molecule has 0 saturated carbocycles. The summed E-state index contributed by atoms with van der Waals surface area (Å²) in [7, 11) is 0. The van der Waals surface area contributed by atoms with E-state index < -0.39 is 5.97 Å². The summed E-state index contributed by atoms with van der Waals surface area (Å²) in [4.78, 5) is 26.5. The van der Waals surface area contributed by atoms with Crippen LogP contribution in [0.3, 0.4) is 0 Å². The highest BCUT2D eigenvalue weighted by Crippen LogP contribution is 2.29. The van der Waals surface area contributed by atoms with E-state index in [9.17, 15) is 14.7 Å². The first kappa shape index (κ1) is 21.6. The molecule has 0 atom stereocenters. The highest BCUT2D eigenvalue weighted by atomic mass is 35.5. The molecule has 2 N–H and O–H groups in total. The average molecular weight is 462 g/mol. The lowest BCUT2D eigenvalue weighted by molar-refractivity contribution is -0.118. The van der Waals surface area contributed by atoms with Crippen molar-refractivity contribution in [3.05, 3.63) is 63.8 Å². The minimum Gasteiger partial charge on any atom is -0.477 e. The second-order valence-electron chi connectivity index (χ2n) is 7.34. The fourth-order valence-electron chi connectivity index (χ4n) is 3.71. The monoisotopic (exact) mass is 461 g/mol. The van der Waals surface area contributed by atoms with E-state index in [1.807, 2.05) is 11.0 Å². The van der Waals surface area contributed by atoms with Crippen molar-refractivity contribution < 1.29 is 19.4 Å². The van der Waals surface area contributed by atoms with Crippen molar-refractivity contribution in [2.75, 3.05) is 38.2 Å². The molecule has 1 aliphatic heterocycles. The third kappa shape index (κ3) is 4.85. The summed E-state index contributed by atoms with van der Waals surface area (Å²) in [5.74, 6) is -1.20. The Bertz CT molecular complexity index is 1140. The van der Waals surface area contributed by atoms with Crippen LogP contribution in [0.5, 0.6) is 0 Å². The fourth-order valence-corrected chi connectivity index (χ4v) is 4.03. The van der Waals surface area contributed by atoms with Gasteiger partial charge < -0.3 is 19.7 Å². The number of amides is 1. The van der Waals surface area contributed by atoms with Gasteiger partial charge in [-0.1, -0.05) is 35.3 Å². The maximum absolute atomic E-state index is 12.6. The highest BCUT2D eigenvalue weighted by molar-refractivity contribution is 6.42. The van der Waals surface area contributed by atoms with Crippen LogP contribution in [0.1, 0.15) is 16.1 Å². The number of halogens is 2. The molecule has 0 spiro atoms. The fraction of sp³-hybridized carbons (Fsp3) is 0.273. The largest absolute Gasteiger partial charge is 0.477 e. The SMILES string of the molecule is O=C(CN1CCOCC1)Nc1cccc2c1cc(C(=O)O)n2Cc1ccc(Cl)c(Cl)c1. The highest BCUT2D eigenvalue weighted by Gasteiger charge is 2.19. The number of rotatable bonds is 6. The maximum Gasteiger partial charge on any atom is 0.352 e. The van der Waals surface area contributed by atoms with Crippen LogP contribution in [0, 0.1) is 0 Å². The summed E-state index contributed by atoms with van der Waals surface area (Å²) in [6.45, 7) is 3.20. The molecule has 0 unspecified atom stereocenters. The third-order valence-electron chi connectivity index (χ3n) is 5.23. The summed E-state index contributed by atoms with van der Waals surface area (Å²) < 4.78 is 7.00. The number of aromatic carboxylic acids is 1. The zero-order chi connectivity index (χ0) is 22.0. The van der Waals surface area contributed by atoms with Crippen LogP contribution in [0.15, 0.2) is 42.5 Å². The van der Waals surface area contributed by atoms with Crippen LogP contribution < -0.4 is 5.32 Å².